The summed E-state index contributed by atoms with van der Waals surface area (Å²) in [5.74, 6) is 1.13. The number of carbonyl (C=O) groups excluding carboxylic acids is 3. The number of nitrogens with one attached hydrogen (secondary N) is 2. The first-order chi connectivity index (χ1) is 19.6. The highest BCUT2D eigenvalue weighted by atomic mass is 16.6. The van der Waals surface area contributed by atoms with Gasteiger partial charge in [0, 0.05) is 19.5 Å². The summed E-state index contributed by atoms with van der Waals surface area (Å²) in [5, 5.41) is 5.77. The molecular weight excluding hydrogens is 516 g/mol. The van der Waals surface area contributed by atoms with Gasteiger partial charge >= 0.3 is 5.97 Å². The molecule has 0 aliphatic rings. The first kappa shape index (κ1) is 33.9. The van der Waals surface area contributed by atoms with Gasteiger partial charge in [-0.25, -0.2) is 0 Å². The lowest BCUT2D eigenvalue weighted by Gasteiger charge is -2.14. The predicted octanol–water partition coefficient (Wildman–Crippen LogP) is 6.72. The van der Waals surface area contributed by atoms with Crippen LogP contribution >= 0.6 is 0 Å². The molecule has 0 spiro atoms. The Labute approximate surface area is 246 Å². The third kappa shape index (κ3) is 13.2. The minimum atomic E-state index is -0.469. The Balaban J connectivity index is 1.73. The first-order valence-electron chi connectivity index (χ1n) is 15.1. The standard InChI is InChI=1S/C34H50N2O5/c1-24(2)11-9-7-8-10-12-32(37)36-23-28-15-18-30(31(22-28)40-6)41-33(38)19-20-35-34(39)26(5)29-16-13-27(14-17-29)21-25(3)4/h13-18,22,24-26H,7-12,19-21,23H2,1-6H3,(H,35,39)(H,36,37). The molecule has 2 aromatic rings. The second-order valence-corrected chi connectivity index (χ2v) is 11.7. The van der Waals surface area contributed by atoms with Gasteiger partial charge in [-0.15, -0.1) is 0 Å². The van der Waals surface area contributed by atoms with Crippen LogP contribution in [0, 0.1) is 11.8 Å². The van der Waals surface area contributed by atoms with Gasteiger partial charge in [0.25, 0.3) is 0 Å². The van der Waals surface area contributed by atoms with Crippen molar-refractivity contribution in [3.05, 3.63) is 59.2 Å². The second-order valence-electron chi connectivity index (χ2n) is 11.7. The zero-order valence-electron chi connectivity index (χ0n) is 25.9. The number of amides is 2. The first-order valence-corrected chi connectivity index (χ1v) is 15.1. The van der Waals surface area contributed by atoms with Crippen molar-refractivity contribution in [2.75, 3.05) is 13.7 Å². The molecule has 0 radical (unpaired) electrons. The van der Waals surface area contributed by atoms with E-state index in [-0.39, 0.29) is 30.7 Å². The Bertz CT molecular complexity index is 1090. The van der Waals surface area contributed by atoms with E-state index in [0.717, 1.165) is 36.3 Å². The van der Waals surface area contributed by atoms with Crippen molar-refractivity contribution in [3.8, 4) is 11.5 Å². The molecule has 0 aliphatic heterocycles. The van der Waals surface area contributed by atoms with Crippen LogP contribution in [0.4, 0.5) is 0 Å². The molecule has 226 valence electrons. The lowest BCUT2D eigenvalue weighted by Crippen LogP contribution is -2.30. The van der Waals surface area contributed by atoms with Gasteiger partial charge < -0.3 is 20.1 Å². The SMILES string of the molecule is COc1cc(CNC(=O)CCCCCCC(C)C)ccc1OC(=O)CCNC(=O)C(C)c1ccc(CC(C)C)cc1. The molecule has 1 atom stereocenters. The smallest absolute Gasteiger partial charge is 0.313 e. The maximum atomic E-state index is 12.6. The predicted molar refractivity (Wildman–Crippen MR) is 164 cm³/mol. The number of ether oxygens (including phenoxy) is 2. The molecule has 0 heterocycles. The average Bonchev–Trinajstić information content (AvgIpc) is 2.93. The second kappa shape index (κ2) is 18.2. The fourth-order valence-electron chi connectivity index (χ4n) is 4.57. The van der Waals surface area contributed by atoms with Crippen LogP contribution in [0.3, 0.4) is 0 Å². The number of methoxy groups -OCH3 is 1. The normalized spacial score (nSPS) is 11.8. The van der Waals surface area contributed by atoms with Gasteiger partial charge in [-0.1, -0.05) is 83.7 Å². The van der Waals surface area contributed by atoms with Crippen LogP contribution in [0.15, 0.2) is 42.5 Å². The molecule has 0 saturated heterocycles. The Morgan fingerprint density at radius 2 is 1.44 bits per heavy atom. The van der Waals surface area contributed by atoms with Gasteiger partial charge in [0.1, 0.15) is 0 Å². The number of unbranched alkanes of at least 4 members (excludes halogenated alkanes) is 3. The van der Waals surface area contributed by atoms with Crippen molar-refractivity contribution in [1.29, 1.82) is 0 Å². The zero-order valence-corrected chi connectivity index (χ0v) is 25.9. The zero-order chi connectivity index (χ0) is 30.2. The van der Waals surface area contributed by atoms with E-state index in [1.807, 2.05) is 19.1 Å². The lowest BCUT2D eigenvalue weighted by atomic mass is 9.96. The number of hydrogen-bond donors (Lipinski definition) is 2. The number of hydrogen-bond acceptors (Lipinski definition) is 5. The number of esters is 1. The molecule has 0 fully saturated rings. The molecule has 0 aliphatic carbocycles. The number of carbonyl (C=O) groups is 3. The highest BCUT2D eigenvalue weighted by molar-refractivity contribution is 5.83. The maximum absolute atomic E-state index is 12.6. The van der Waals surface area contributed by atoms with E-state index >= 15 is 0 Å². The van der Waals surface area contributed by atoms with Gasteiger partial charge in [0.2, 0.25) is 11.8 Å². The third-order valence-corrected chi connectivity index (χ3v) is 7.02. The van der Waals surface area contributed by atoms with Crippen molar-refractivity contribution in [1.82, 2.24) is 10.6 Å². The highest BCUT2D eigenvalue weighted by Crippen LogP contribution is 2.28. The summed E-state index contributed by atoms with van der Waals surface area (Å²) in [6.07, 6.45) is 7.16. The molecule has 0 saturated carbocycles. The van der Waals surface area contributed by atoms with Crippen LogP contribution in [-0.4, -0.2) is 31.4 Å². The van der Waals surface area contributed by atoms with Gasteiger partial charge in [-0.2, -0.15) is 0 Å². The van der Waals surface area contributed by atoms with Crippen molar-refractivity contribution < 1.29 is 23.9 Å². The van der Waals surface area contributed by atoms with Crippen molar-refractivity contribution in [2.24, 2.45) is 11.8 Å². The fourth-order valence-corrected chi connectivity index (χ4v) is 4.57. The van der Waals surface area contributed by atoms with Crippen LogP contribution in [0.2, 0.25) is 0 Å². The van der Waals surface area contributed by atoms with Crippen LogP contribution in [0.25, 0.3) is 0 Å². The fraction of sp³-hybridized carbons (Fsp3) is 0.559. The largest absolute Gasteiger partial charge is 0.493 e. The lowest BCUT2D eigenvalue weighted by molar-refractivity contribution is -0.134. The van der Waals surface area contributed by atoms with E-state index < -0.39 is 5.97 Å². The Morgan fingerprint density at radius 3 is 2.10 bits per heavy atom. The summed E-state index contributed by atoms with van der Waals surface area (Å²) in [4.78, 5) is 37.2. The van der Waals surface area contributed by atoms with E-state index in [1.165, 1.54) is 31.9 Å². The van der Waals surface area contributed by atoms with E-state index in [4.69, 9.17) is 9.47 Å². The average molecular weight is 567 g/mol. The van der Waals surface area contributed by atoms with E-state index in [1.54, 1.807) is 18.2 Å². The van der Waals surface area contributed by atoms with E-state index in [9.17, 15) is 14.4 Å². The van der Waals surface area contributed by atoms with E-state index in [2.05, 4.69) is 50.5 Å². The molecule has 2 rings (SSSR count). The summed E-state index contributed by atoms with van der Waals surface area (Å²) >= 11 is 0. The summed E-state index contributed by atoms with van der Waals surface area (Å²) < 4.78 is 10.9. The van der Waals surface area contributed by atoms with Crippen LogP contribution in [0.5, 0.6) is 11.5 Å². The summed E-state index contributed by atoms with van der Waals surface area (Å²) in [6, 6.07) is 13.3. The Morgan fingerprint density at radius 1 is 0.756 bits per heavy atom. The maximum Gasteiger partial charge on any atom is 0.313 e. The molecule has 7 nitrogen and oxygen atoms in total. The van der Waals surface area contributed by atoms with Crippen molar-refractivity contribution in [3.63, 3.8) is 0 Å². The minimum Gasteiger partial charge on any atom is -0.493 e. The molecule has 1 unspecified atom stereocenters. The molecule has 0 bridgehead atoms. The molecule has 0 aromatic heterocycles. The van der Waals surface area contributed by atoms with Gasteiger partial charge in [-0.3, -0.25) is 14.4 Å². The van der Waals surface area contributed by atoms with Crippen molar-refractivity contribution in [2.45, 2.75) is 98.4 Å². The molecule has 2 N–H and O–H groups in total. The monoisotopic (exact) mass is 566 g/mol. The quantitative estimate of drug-likeness (QED) is 0.119. The molecule has 7 heteroatoms. The van der Waals surface area contributed by atoms with Crippen LogP contribution in [0.1, 0.15) is 102 Å². The number of benzene rings is 2. The van der Waals surface area contributed by atoms with Crippen molar-refractivity contribution >= 4 is 17.8 Å². The third-order valence-electron chi connectivity index (χ3n) is 7.02. The van der Waals surface area contributed by atoms with E-state index in [0.29, 0.717) is 30.4 Å². The van der Waals surface area contributed by atoms with Crippen LogP contribution in [-0.2, 0) is 27.3 Å². The van der Waals surface area contributed by atoms with Gasteiger partial charge in [-0.05, 0) is 60.4 Å². The van der Waals surface area contributed by atoms with Gasteiger partial charge in [0.15, 0.2) is 11.5 Å². The molecular formula is C34H50N2O5. The Kier molecular flexibility index (Phi) is 15.0. The summed E-state index contributed by atoms with van der Waals surface area (Å²) in [5.41, 5.74) is 3.05. The molecule has 2 aromatic carbocycles. The topological polar surface area (TPSA) is 93.7 Å². The summed E-state index contributed by atoms with van der Waals surface area (Å²) in [7, 11) is 1.51. The molecule has 41 heavy (non-hydrogen) atoms. The Hall–Kier alpha value is -3.35. The summed E-state index contributed by atoms with van der Waals surface area (Å²) in [6.45, 7) is 11.2. The highest BCUT2D eigenvalue weighted by Gasteiger charge is 2.17. The minimum absolute atomic E-state index is 0.0304. The van der Waals surface area contributed by atoms with Crippen LogP contribution < -0.4 is 20.1 Å². The molecule has 2 amide bonds. The number of rotatable bonds is 18. The van der Waals surface area contributed by atoms with Gasteiger partial charge in [0.05, 0.1) is 19.4 Å².